The average molecular weight is 294 g/mol. The summed E-state index contributed by atoms with van der Waals surface area (Å²) in [5.74, 6) is 0. The van der Waals surface area contributed by atoms with E-state index in [1.807, 2.05) is 12.1 Å². The SMILES string of the molecule is CC(C)NCc1c(Cl)cccc1Sc1cnccn1. The molecule has 0 saturated heterocycles. The van der Waals surface area contributed by atoms with Gasteiger partial charge in [0.15, 0.2) is 0 Å². The molecule has 0 fully saturated rings. The summed E-state index contributed by atoms with van der Waals surface area (Å²) in [6.07, 6.45) is 5.12. The van der Waals surface area contributed by atoms with Gasteiger partial charge < -0.3 is 5.32 Å². The summed E-state index contributed by atoms with van der Waals surface area (Å²) >= 11 is 7.87. The molecule has 0 aliphatic heterocycles. The van der Waals surface area contributed by atoms with Crippen LogP contribution in [0.15, 0.2) is 46.7 Å². The smallest absolute Gasteiger partial charge is 0.119 e. The van der Waals surface area contributed by atoms with Gasteiger partial charge in [0.25, 0.3) is 0 Å². The molecule has 2 rings (SSSR count). The summed E-state index contributed by atoms with van der Waals surface area (Å²) in [6, 6.07) is 6.35. The standard InChI is InChI=1S/C14H16ClN3S/c1-10(2)18-8-11-12(15)4-3-5-13(11)19-14-9-16-6-7-17-14/h3-7,9-10,18H,8H2,1-2H3. The van der Waals surface area contributed by atoms with E-state index >= 15 is 0 Å². The largest absolute Gasteiger partial charge is 0.310 e. The number of halogens is 1. The lowest BCUT2D eigenvalue weighted by molar-refractivity contribution is 0.585. The summed E-state index contributed by atoms with van der Waals surface area (Å²) in [4.78, 5) is 9.46. The maximum absolute atomic E-state index is 6.29. The summed E-state index contributed by atoms with van der Waals surface area (Å²) in [6.45, 7) is 4.98. The Morgan fingerprint density at radius 2 is 2.16 bits per heavy atom. The first-order chi connectivity index (χ1) is 9.16. The highest BCUT2D eigenvalue weighted by molar-refractivity contribution is 7.99. The monoisotopic (exact) mass is 293 g/mol. The fourth-order valence-electron chi connectivity index (χ4n) is 1.56. The molecule has 3 nitrogen and oxygen atoms in total. The first kappa shape index (κ1) is 14.3. The summed E-state index contributed by atoms with van der Waals surface area (Å²) in [5, 5.41) is 5.05. The van der Waals surface area contributed by atoms with Gasteiger partial charge in [0, 0.05) is 34.9 Å². The zero-order valence-electron chi connectivity index (χ0n) is 10.9. The van der Waals surface area contributed by atoms with Crippen LogP contribution in [0.25, 0.3) is 0 Å². The molecule has 0 aliphatic rings. The molecule has 19 heavy (non-hydrogen) atoms. The van der Waals surface area contributed by atoms with Gasteiger partial charge >= 0.3 is 0 Å². The minimum absolute atomic E-state index is 0.422. The zero-order valence-corrected chi connectivity index (χ0v) is 12.5. The van der Waals surface area contributed by atoms with Crippen LogP contribution in [0.4, 0.5) is 0 Å². The van der Waals surface area contributed by atoms with Gasteiger partial charge in [-0.15, -0.1) is 0 Å². The zero-order chi connectivity index (χ0) is 13.7. The fourth-order valence-corrected chi connectivity index (χ4v) is 2.76. The van der Waals surface area contributed by atoms with Gasteiger partial charge in [-0.3, -0.25) is 4.98 Å². The second-order valence-corrected chi connectivity index (χ2v) is 5.87. The van der Waals surface area contributed by atoms with Crippen molar-refractivity contribution < 1.29 is 0 Å². The number of aromatic nitrogens is 2. The normalized spacial score (nSPS) is 10.9. The molecule has 0 spiro atoms. The summed E-state index contributed by atoms with van der Waals surface area (Å²) < 4.78 is 0. The first-order valence-corrected chi connectivity index (χ1v) is 7.31. The number of hydrogen-bond acceptors (Lipinski definition) is 4. The van der Waals surface area contributed by atoms with Gasteiger partial charge in [0.05, 0.1) is 6.20 Å². The van der Waals surface area contributed by atoms with Crippen molar-refractivity contribution in [2.45, 2.75) is 36.4 Å². The topological polar surface area (TPSA) is 37.8 Å². The molecule has 0 radical (unpaired) electrons. The molecule has 0 aliphatic carbocycles. The predicted molar refractivity (Wildman–Crippen MR) is 79.6 cm³/mol. The van der Waals surface area contributed by atoms with Crippen molar-refractivity contribution in [3.8, 4) is 0 Å². The molecule has 1 N–H and O–H groups in total. The first-order valence-electron chi connectivity index (χ1n) is 6.11. The van der Waals surface area contributed by atoms with Crippen LogP contribution >= 0.6 is 23.4 Å². The Labute approximate surface area is 122 Å². The lowest BCUT2D eigenvalue weighted by atomic mass is 10.2. The van der Waals surface area contributed by atoms with Crippen molar-refractivity contribution in [1.82, 2.24) is 15.3 Å². The summed E-state index contributed by atoms with van der Waals surface area (Å²) in [5.41, 5.74) is 1.11. The van der Waals surface area contributed by atoms with Crippen LogP contribution in [0.2, 0.25) is 5.02 Å². The van der Waals surface area contributed by atoms with Gasteiger partial charge in [-0.1, -0.05) is 43.3 Å². The van der Waals surface area contributed by atoms with Crippen LogP contribution in [0, 0.1) is 0 Å². The van der Waals surface area contributed by atoms with Gasteiger partial charge in [0.1, 0.15) is 5.03 Å². The molecule has 1 aromatic heterocycles. The van der Waals surface area contributed by atoms with E-state index in [0.717, 1.165) is 27.1 Å². The van der Waals surface area contributed by atoms with Crippen molar-refractivity contribution in [3.63, 3.8) is 0 Å². The Morgan fingerprint density at radius 3 is 2.84 bits per heavy atom. The van der Waals surface area contributed by atoms with Gasteiger partial charge in [0.2, 0.25) is 0 Å². The minimum atomic E-state index is 0.422. The molecule has 100 valence electrons. The van der Waals surface area contributed by atoms with Crippen molar-refractivity contribution in [2.24, 2.45) is 0 Å². The second kappa shape index (κ2) is 6.89. The lowest BCUT2D eigenvalue weighted by Crippen LogP contribution is -2.22. The van der Waals surface area contributed by atoms with Crippen LogP contribution in [0.3, 0.4) is 0 Å². The molecule has 0 unspecified atom stereocenters. The maximum atomic E-state index is 6.29. The van der Waals surface area contributed by atoms with Crippen LogP contribution < -0.4 is 5.32 Å². The van der Waals surface area contributed by atoms with E-state index in [1.165, 1.54) is 0 Å². The number of nitrogens with one attached hydrogen (secondary N) is 1. The van der Waals surface area contributed by atoms with E-state index in [9.17, 15) is 0 Å². The molecule has 0 saturated carbocycles. The van der Waals surface area contributed by atoms with Crippen molar-refractivity contribution >= 4 is 23.4 Å². The van der Waals surface area contributed by atoms with E-state index in [2.05, 4.69) is 35.2 Å². The molecule has 5 heteroatoms. The molecule has 1 heterocycles. The highest BCUT2D eigenvalue weighted by Crippen LogP contribution is 2.32. The van der Waals surface area contributed by atoms with Crippen molar-refractivity contribution in [2.75, 3.05) is 0 Å². The minimum Gasteiger partial charge on any atom is -0.310 e. The van der Waals surface area contributed by atoms with Gasteiger partial charge in [-0.25, -0.2) is 4.98 Å². The number of rotatable bonds is 5. The molecule has 1 aromatic carbocycles. The number of benzene rings is 1. The molecular weight excluding hydrogens is 278 g/mol. The van der Waals surface area contributed by atoms with E-state index in [-0.39, 0.29) is 0 Å². The quantitative estimate of drug-likeness (QED) is 0.910. The lowest BCUT2D eigenvalue weighted by Gasteiger charge is -2.13. The van der Waals surface area contributed by atoms with Crippen LogP contribution in [-0.2, 0) is 6.54 Å². The van der Waals surface area contributed by atoms with E-state index in [1.54, 1.807) is 30.4 Å². The molecule has 0 atom stereocenters. The number of nitrogens with zero attached hydrogens (tertiary/aromatic N) is 2. The Morgan fingerprint density at radius 1 is 1.32 bits per heavy atom. The second-order valence-electron chi connectivity index (χ2n) is 4.40. The molecular formula is C14H16ClN3S. The highest BCUT2D eigenvalue weighted by Gasteiger charge is 2.09. The number of hydrogen-bond donors (Lipinski definition) is 1. The van der Waals surface area contributed by atoms with E-state index in [4.69, 9.17) is 11.6 Å². The van der Waals surface area contributed by atoms with Crippen molar-refractivity contribution in [1.29, 1.82) is 0 Å². The third-order valence-electron chi connectivity index (χ3n) is 2.52. The van der Waals surface area contributed by atoms with Crippen LogP contribution in [0.1, 0.15) is 19.4 Å². The van der Waals surface area contributed by atoms with Crippen molar-refractivity contribution in [3.05, 3.63) is 47.4 Å². The van der Waals surface area contributed by atoms with Gasteiger partial charge in [-0.2, -0.15) is 0 Å². The average Bonchev–Trinajstić information content (AvgIpc) is 2.39. The predicted octanol–water partition coefficient (Wildman–Crippen LogP) is 3.78. The third kappa shape index (κ3) is 4.20. The van der Waals surface area contributed by atoms with Crippen LogP contribution in [0.5, 0.6) is 0 Å². The van der Waals surface area contributed by atoms with E-state index in [0.29, 0.717) is 6.04 Å². The fraction of sp³-hybridized carbons (Fsp3) is 0.286. The Bertz CT molecular complexity index is 531. The molecule has 0 bridgehead atoms. The third-order valence-corrected chi connectivity index (χ3v) is 3.89. The maximum Gasteiger partial charge on any atom is 0.119 e. The Kier molecular flexibility index (Phi) is 5.19. The van der Waals surface area contributed by atoms with Gasteiger partial charge in [-0.05, 0) is 17.7 Å². The summed E-state index contributed by atoms with van der Waals surface area (Å²) in [7, 11) is 0. The van der Waals surface area contributed by atoms with E-state index < -0.39 is 0 Å². The Hall–Kier alpha value is -1.10. The highest BCUT2D eigenvalue weighted by atomic mass is 35.5. The molecule has 0 amide bonds. The van der Waals surface area contributed by atoms with Crippen LogP contribution in [-0.4, -0.2) is 16.0 Å². The Balaban J connectivity index is 2.22. The molecule has 2 aromatic rings.